The summed E-state index contributed by atoms with van der Waals surface area (Å²) in [6.45, 7) is 4.90. The number of carbonyl (C=O) groups is 1. The predicted octanol–water partition coefficient (Wildman–Crippen LogP) is 1.89. The van der Waals surface area contributed by atoms with E-state index in [-0.39, 0.29) is 16.7 Å². The third kappa shape index (κ3) is 4.36. The molecule has 0 aromatic carbocycles. The molecule has 7 heteroatoms. The molecule has 1 aromatic rings. The molecule has 5 nitrogen and oxygen atoms in total. The van der Waals surface area contributed by atoms with Crippen LogP contribution in [0.4, 0.5) is 0 Å². The van der Waals surface area contributed by atoms with Gasteiger partial charge < -0.3 is 4.74 Å². The Labute approximate surface area is 108 Å². The fraction of sp³-hybridized carbons (Fsp3) is 0.500. The molecule has 0 aliphatic rings. The van der Waals surface area contributed by atoms with Gasteiger partial charge in [0, 0.05) is 6.07 Å². The van der Waals surface area contributed by atoms with Crippen molar-refractivity contribution in [1.29, 1.82) is 0 Å². The first-order valence-electron chi connectivity index (χ1n) is 4.84. The van der Waals surface area contributed by atoms with Gasteiger partial charge >= 0.3 is 5.97 Å². The molecule has 0 atom stereocenters. The van der Waals surface area contributed by atoms with Gasteiger partial charge in [-0.25, -0.2) is 4.68 Å². The van der Waals surface area contributed by atoms with Crippen LogP contribution in [0.3, 0.4) is 0 Å². The van der Waals surface area contributed by atoms with Crippen LogP contribution in [0.15, 0.2) is 10.9 Å². The number of ether oxygens (including phenoxy) is 1. The summed E-state index contributed by atoms with van der Waals surface area (Å²) in [5, 5.41) is 3.70. The Balaban J connectivity index is 2.86. The highest BCUT2D eigenvalue weighted by Crippen LogP contribution is 2.15. The molecule has 0 N–H and O–H groups in total. The van der Waals surface area contributed by atoms with Gasteiger partial charge in [-0.1, -0.05) is 23.2 Å². The topological polar surface area (TPSA) is 61.2 Å². The number of nitrogens with zero attached hydrogens (tertiary/aromatic N) is 2. The maximum absolute atomic E-state index is 11.5. The zero-order valence-corrected chi connectivity index (χ0v) is 11.2. The molecule has 1 heterocycles. The van der Waals surface area contributed by atoms with Gasteiger partial charge in [0.05, 0.1) is 5.02 Å². The van der Waals surface area contributed by atoms with Crippen LogP contribution in [0, 0.1) is 0 Å². The predicted molar refractivity (Wildman–Crippen MR) is 64.4 cm³/mol. The van der Waals surface area contributed by atoms with Gasteiger partial charge in [0.25, 0.3) is 5.56 Å². The lowest BCUT2D eigenvalue weighted by Gasteiger charge is -2.19. The number of rotatable bonds is 2. The van der Waals surface area contributed by atoms with E-state index in [1.54, 1.807) is 20.8 Å². The molecular weight excluding hydrogens is 267 g/mol. The van der Waals surface area contributed by atoms with Crippen LogP contribution in [0.5, 0.6) is 0 Å². The third-order valence-electron chi connectivity index (χ3n) is 1.61. The van der Waals surface area contributed by atoms with Crippen molar-refractivity contribution in [2.75, 3.05) is 0 Å². The van der Waals surface area contributed by atoms with Crippen molar-refractivity contribution in [2.45, 2.75) is 32.9 Å². The van der Waals surface area contributed by atoms with Gasteiger partial charge in [0.2, 0.25) is 0 Å². The van der Waals surface area contributed by atoms with Crippen LogP contribution in [0.25, 0.3) is 0 Å². The third-order valence-corrected chi connectivity index (χ3v) is 2.27. The van der Waals surface area contributed by atoms with Crippen molar-refractivity contribution in [3.05, 3.63) is 26.6 Å². The lowest BCUT2D eigenvalue weighted by atomic mass is 10.2. The highest BCUT2D eigenvalue weighted by atomic mass is 35.5. The average Bonchev–Trinajstić information content (AvgIpc) is 2.11. The molecule has 17 heavy (non-hydrogen) atoms. The van der Waals surface area contributed by atoms with Gasteiger partial charge in [-0.2, -0.15) is 5.10 Å². The summed E-state index contributed by atoms with van der Waals surface area (Å²) >= 11 is 11.3. The van der Waals surface area contributed by atoms with Gasteiger partial charge in [0.1, 0.15) is 12.1 Å². The zero-order valence-electron chi connectivity index (χ0n) is 9.66. The molecule has 0 fully saturated rings. The van der Waals surface area contributed by atoms with E-state index in [1.807, 2.05) is 0 Å². The first-order valence-corrected chi connectivity index (χ1v) is 5.59. The van der Waals surface area contributed by atoms with Gasteiger partial charge in [-0.3, -0.25) is 9.59 Å². The van der Waals surface area contributed by atoms with E-state index in [0.29, 0.717) is 0 Å². The molecular formula is C10H12Cl2N2O3. The molecule has 0 amide bonds. The van der Waals surface area contributed by atoms with Crippen molar-refractivity contribution in [2.24, 2.45) is 0 Å². The van der Waals surface area contributed by atoms with E-state index < -0.39 is 17.1 Å². The minimum atomic E-state index is -0.614. The Morgan fingerprint density at radius 3 is 2.59 bits per heavy atom. The molecule has 0 radical (unpaired) electrons. The number of carbonyl (C=O) groups excluding carboxylic acids is 1. The number of aromatic nitrogens is 2. The Hall–Kier alpha value is -1.07. The molecule has 0 saturated carbocycles. The minimum Gasteiger partial charge on any atom is -0.459 e. The highest BCUT2D eigenvalue weighted by molar-refractivity contribution is 6.41. The summed E-state index contributed by atoms with van der Waals surface area (Å²) in [5.74, 6) is -0.564. The Kier molecular flexibility index (Phi) is 4.16. The van der Waals surface area contributed by atoms with E-state index in [2.05, 4.69) is 5.10 Å². The maximum Gasteiger partial charge on any atom is 0.328 e. The van der Waals surface area contributed by atoms with Crippen molar-refractivity contribution < 1.29 is 9.53 Å². The highest BCUT2D eigenvalue weighted by Gasteiger charge is 2.17. The lowest BCUT2D eigenvalue weighted by molar-refractivity contribution is -0.155. The fourth-order valence-corrected chi connectivity index (χ4v) is 1.33. The SMILES string of the molecule is CC(C)(C)OC(=O)Cn1nc(Cl)c(Cl)cc1=O. The minimum absolute atomic E-state index is 0.0326. The summed E-state index contributed by atoms with van der Waals surface area (Å²) in [4.78, 5) is 22.9. The van der Waals surface area contributed by atoms with Crippen molar-refractivity contribution in [3.8, 4) is 0 Å². The summed E-state index contributed by atoms with van der Waals surface area (Å²) in [6, 6.07) is 1.10. The number of halogens is 2. The zero-order chi connectivity index (χ0) is 13.2. The summed E-state index contributed by atoms with van der Waals surface area (Å²) in [7, 11) is 0. The second-order valence-corrected chi connectivity index (χ2v) is 5.13. The first kappa shape index (κ1) is 14.0. The van der Waals surface area contributed by atoms with E-state index in [4.69, 9.17) is 27.9 Å². The molecule has 1 rings (SSSR count). The quantitative estimate of drug-likeness (QED) is 0.776. The number of esters is 1. The number of hydrogen-bond donors (Lipinski definition) is 0. The second-order valence-electron chi connectivity index (χ2n) is 4.37. The second kappa shape index (κ2) is 5.06. The van der Waals surface area contributed by atoms with Gasteiger partial charge in [-0.05, 0) is 20.8 Å². The molecule has 0 saturated heterocycles. The largest absolute Gasteiger partial charge is 0.459 e. The molecule has 0 bridgehead atoms. The summed E-state index contributed by atoms with van der Waals surface area (Å²) < 4.78 is 5.96. The van der Waals surface area contributed by atoms with Crippen molar-refractivity contribution >= 4 is 29.2 Å². The van der Waals surface area contributed by atoms with Gasteiger partial charge in [-0.15, -0.1) is 0 Å². The Morgan fingerprint density at radius 2 is 2.06 bits per heavy atom. The molecule has 0 unspecified atom stereocenters. The molecule has 0 spiro atoms. The van der Waals surface area contributed by atoms with Crippen LogP contribution in [-0.4, -0.2) is 21.4 Å². The van der Waals surface area contributed by atoms with E-state index in [0.717, 1.165) is 10.7 Å². The van der Waals surface area contributed by atoms with Crippen LogP contribution < -0.4 is 5.56 Å². The van der Waals surface area contributed by atoms with E-state index in [1.165, 1.54) is 0 Å². The maximum atomic E-state index is 11.5. The standard InChI is InChI=1S/C10H12Cl2N2O3/c1-10(2,3)17-8(16)5-14-7(15)4-6(11)9(12)13-14/h4H,5H2,1-3H3. The van der Waals surface area contributed by atoms with Crippen LogP contribution in [0.2, 0.25) is 10.2 Å². The smallest absolute Gasteiger partial charge is 0.328 e. The molecule has 0 aliphatic heterocycles. The normalized spacial score (nSPS) is 11.4. The lowest BCUT2D eigenvalue weighted by Crippen LogP contribution is -2.31. The van der Waals surface area contributed by atoms with E-state index >= 15 is 0 Å². The monoisotopic (exact) mass is 278 g/mol. The van der Waals surface area contributed by atoms with Crippen LogP contribution in [0.1, 0.15) is 20.8 Å². The number of hydrogen-bond acceptors (Lipinski definition) is 4. The van der Waals surface area contributed by atoms with Crippen molar-refractivity contribution in [3.63, 3.8) is 0 Å². The van der Waals surface area contributed by atoms with Crippen LogP contribution in [-0.2, 0) is 16.1 Å². The Bertz CT molecular complexity index is 491. The fourth-order valence-electron chi connectivity index (χ4n) is 1.05. The average molecular weight is 279 g/mol. The molecule has 1 aromatic heterocycles. The van der Waals surface area contributed by atoms with Gasteiger partial charge in [0.15, 0.2) is 5.15 Å². The summed E-state index contributed by atoms with van der Waals surface area (Å²) in [5.41, 5.74) is -1.12. The Morgan fingerprint density at radius 1 is 1.47 bits per heavy atom. The molecule has 0 aliphatic carbocycles. The summed E-state index contributed by atoms with van der Waals surface area (Å²) in [6.07, 6.45) is 0. The van der Waals surface area contributed by atoms with Crippen molar-refractivity contribution in [1.82, 2.24) is 9.78 Å². The first-order chi connectivity index (χ1) is 7.69. The van der Waals surface area contributed by atoms with Crippen LogP contribution >= 0.6 is 23.2 Å². The molecule has 94 valence electrons. The van der Waals surface area contributed by atoms with E-state index in [9.17, 15) is 9.59 Å².